The second kappa shape index (κ2) is 10.3. The summed E-state index contributed by atoms with van der Waals surface area (Å²) in [4.78, 5) is 38.3. The summed E-state index contributed by atoms with van der Waals surface area (Å²) in [5.74, 6) is -3.65. The number of primary amides is 1. The Labute approximate surface area is 198 Å². The molecule has 1 fully saturated rings. The number of carbonyl (C=O) groups excluding carboxylic acids is 3. The van der Waals surface area contributed by atoms with Gasteiger partial charge in [0, 0.05) is 19.0 Å². The quantitative estimate of drug-likeness (QED) is 0.313. The molecule has 0 bridgehead atoms. The lowest BCUT2D eigenvalue weighted by molar-refractivity contribution is -0.139. The molecule has 1 aliphatic rings. The predicted octanol–water partition coefficient (Wildman–Crippen LogP) is 1.97. The lowest BCUT2D eigenvalue weighted by atomic mass is 10.0. The molecule has 1 aliphatic heterocycles. The van der Waals surface area contributed by atoms with Gasteiger partial charge in [0.25, 0.3) is 0 Å². The summed E-state index contributed by atoms with van der Waals surface area (Å²) in [6.07, 6.45) is -0.749. The van der Waals surface area contributed by atoms with E-state index in [1.54, 1.807) is 20.8 Å². The van der Waals surface area contributed by atoms with Crippen LogP contribution in [0.25, 0.3) is 0 Å². The predicted molar refractivity (Wildman–Crippen MR) is 113 cm³/mol. The van der Waals surface area contributed by atoms with Crippen LogP contribution in [-0.4, -0.2) is 61.0 Å². The van der Waals surface area contributed by atoms with Crippen LogP contribution >= 0.6 is 0 Å². The number of carbonyl (C=O) groups is 3. The largest absolute Gasteiger partial charge is 0.534 e. The number of alkyl carbamates (subject to hydrolysis) is 1. The molecule has 2 atom stereocenters. The van der Waals surface area contributed by atoms with Crippen LogP contribution in [0.15, 0.2) is 18.2 Å². The summed E-state index contributed by atoms with van der Waals surface area (Å²) in [5, 5.41) is 2.31. The highest BCUT2D eigenvalue weighted by Crippen LogP contribution is 2.28. The second-order valence-corrected chi connectivity index (χ2v) is 10.3. The highest BCUT2D eigenvalue weighted by atomic mass is 32.2. The Balaban J connectivity index is 2.31. The maximum atomic E-state index is 14.6. The van der Waals surface area contributed by atoms with Gasteiger partial charge in [-0.1, -0.05) is 6.07 Å². The summed E-state index contributed by atoms with van der Waals surface area (Å²) >= 11 is 0. The number of hydrogen-bond donors (Lipinski definition) is 2. The number of benzene rings is 1. The van der Waals surface area contributed by atoms with Gasteiger partial charge in [-0.3, -0.25) is 9.59 Å². The number of rotatable bonds is 7. The van der Waals surface area contributed by atoms with Crippen molar-refractivity contribution in [3.63, 3.8) is 0 Å². The molecule has 2 unspecified atom stereocenters. The number of likely N-dealkylation sites (tertiary alicyclic amines) is 1. The van der Waals surface area contributed by atoms with Crippen molar-refractivity contribution in [1.82, 2.24) is 10.2 Å². The lowest BCUT2D eigenvalue weighted by Gasteiger charge is -2.29. The average molecular weight is 527 g/mol. The molecule has 2 rings (SSSR count). The van der Waals surface area contributed by atoms with Gasteiger partial charge in [-0.25, -0.2) is 9.18 Å². The van der Waals surface area contributed by atoms with Gasteiger partial charge in [-0.05, 0) is 45.2 Å². The fourth-order valence-electron chi connectivity index (χ4n) is 3.32. The third-order valence-electron chi connectivity index (χ3n) is 4.79. The van der Waals surface area contributed by atoms with Crippen LogP contribution in [0.1, 0.15) is 39.2 Å². The van der Waals surface area contributed by atoms with E-state index in [-0.39, 0.29) is 12.1 Å². The molecule has 0 spiro atoms. The molecule has 1 saturated heterocycles. The first-order chi connectivity index (χ1) is 15.9. The normalized spacial score (nSPS) is 17.6. The fraction of sp³-hybridized carbons (Fsp3) is 0.550. The van der Waals surface area contributed by atoms with Gasteiger partial charge in [-0.2, -0.15) is 21.6 Å². The highest BCUT2D eigenvalue weighted by molar-refractivity contribution is 7.88. The number of halogens is 4. The van der Waals surface area contributed by atoms with Crippen molar-refractivity contribution in [2.75, 3.05) is 6.54 Å². The van der Waals surface area contributed by atoms with Crippen molar-refractivity contribution < 1.29 is 49.3 Å². The summed E-state index contributed by atoms with van der Waals surface area (Å²) < 4.78 is 83.4. The Morgan fingerprint density at radius 3 is 2.37 bits per heavy atom. The van der Waals surface area contributed by atoms with E-state index in [1.165, 1.54) is 0 Å². The van der Waals surface area contributed by atoms with Gasteiger partial charge in [0.15, 0.2) is 0 Å². The molecule has 0 aromatic heterocycles. The van der Waals surface area contributed by atoms with E-state index in [0.29, 0.717) is 18.9 Å². The van der Waals surface area contributed by atoms with Crippen molar-refractivity contribution in [1.29, 1.82) is 0 Å². The molecule has 3 amide bonds. The minimum absolute atomic E-state index is 0.156. The van der Waals surface area contributed by atoms with Crippen LogP contribution < -0.4 is 15.2 Å². The number of ether oxygens (including phenoxy) is 1. The molecule has 0 aliphatic carbocycles. The number of amides is 3. The zero-order valence-corrected chi connectivity index (χ0v) is 19.8. The highest BCUT2D eigenvalue weighted by Gasteiger charge is 2.48. The summed E-state index contributed by atoms with van der Waals surface area (Å²) in [6, 6.07) is -0.305. The number of nitrogens with one attached hydrogen (secondary N) is 1. The maximum absolute atomic E-state index is 14.6. The average Bonchev–Trinajstić information content (AvgIpc) is 3.16. The third-order valence-corrected chi connectivity index (χ3v) is 5.77. The summed E-state index contributed by atoms with van der Waals surface area (Å²) in [6.45, 7) is 4.87. The molecule has 35 heavy (non-hydrogen) atoms. The fourth-order valence-corrected chi connectivity index (χ4v) is 3.77. The van der Waals surface area contributed by atoms with Crippen molar-refractivity contribution in [3.8, 4) is 5.75 Å². The first kappa shape index (κ1) is 28.1. The molecular formula is C20H25F4N3O7S. The van der Waals surface area contributed by atoms with Crippen LogP contribution in [0.2, 0.25) is 0 Å². The Hall–Kier alpha value is -3.10. The van der Waals surface area contributed by atoms with Crippen LogP contribution in [0.4, 0.5) is 22.4 Å². The van der Waals surface area contributed by atoms with Crippen LogP contribution in [0, 0.1) is 5.82 Å². The number of nitrogens with zero attached hydrogens (tertiary/aromatic N) is 1. The molecule has 196 valence electrons. The van der Waals surface area contributed by atoms with Gasteiger partial charge in [0.1, 0.15) is 29.3 Å². The molecule has 0 saturated carbocycles. The monoisotopic (exact) mass is 527 g/mol. The van der Waals surface area contributed by atoms with Crippen LogP contribution in [-0.2, 0) is 30.9 Å². The third kappa shape index (κ3) is 7.44. The molecule has 10 nitrogen and oxygen atoms in total. The van der Waals surface area contributed by atoms with E-state index in [2.05, 4.69) is 9.50 Å². The van der Waals surface area contributed by atoms with Crippen molar-refractivity contribution in [3.05, 3.63) is 29.6 Å². The number of hydrogen-bond acceptors (Lipinski definition) is 7. The molecule has 1 aromatic rings. The van der Waals surface area contributed by atoms with Crippen molar-refractivity contribution in [2.45, 2.75) is 63.2 Å². The zero-order valence-electron chi connectivity index (χ0n) is 19.0. The molecule has 3 N–H and O–H groups in total. The Bertz CT molecular complexity index is 1090. The van der Waals surface area contributed by atoms with Crippen LogP contribution in [0.3, 0.4) is 0 Å². The maximum Gasteiger partial charge on any atom is 0.534 e. The van der Waals surface area contributed by atoms with E-state index in [0.717, 1.165) is 17.0 Å². The minimum atomic E-state index is -6.02. The molecule has 1 aromatic carbocycles. The molecule has 15 heteroatoms. The smallest absolute Gasteiger partial charge is 0.444 e. The standard InChI is InChI=1S/C20H25F4N3O7S/c1-19(2,3)33-18(30)26-14(17(29)27-8-4-5-15(27)16(25)28)9-11-6-7-12(10-13(11)21)34-35(31,32)20(22,23)24/h6-7,10,14-15H,4-5,8-9H2,1-3H3,(H2,25,28)(H,26,30). The Morgan fingerprint density at radius 1 is 1.23 bits per heavy atom. The van der Waals surface area contributed by atoms with Crippen molar-refractivity contribution >= 4 is 28.0 Å². The van der Waals surface area contributed by atoms with E-state index >= 15 is 0 Å². The molecule has 0 radical (unpaired) electrons. The van der Waals surface area contributed by atoms with Crippen molar-refractivity contribution in [2.24, 2.45) is 5.73 Å². The first-order valence-electron chi connectivity index (χ1n) is 10.3. The van der Waals surface area contributed by atoms with Gasteiger partial charge >= 0.3 is 21.7 Å². The zero-order chi connectivity index (χ0) is 26.8. The van der Waals surface area contributed by atoms with E-state index in [1.807, 2.05) is 0 Å². The Kier molecular flexibility index (Phi) is 8.25. The van der Waals surface area contributed by atoms with E-state index < -0.39 is 69.2 Å². The van der Waals surface area contributed by atoms with Crippen LogP contribution in [0.5, 0.6) is 5.75 Å². The van der Waals surface area contributed by atoms with Gasteiger partial charge in [0.2, 0.25) is 11.8 Å². The molecule has 1 heterocycles. The van der Waals surface area contributed by atoms with Gasteiger partial charge < -0.3 is 24.9 Å². The first-order valence-corrected chi connectivity index (χ1v) is 11.7. The number of alkyl halides is 3. The number of nitrogens with two attached hydrogens (primary N) is 1. The topological polar surface area (TPSA) is 145 Å². The minimum Gasteiger partial charge on any atom is -0.444 e. The summed E-state index contributed by atoms with van der Waals surface area (Å²) in [7, 11) is -6.02. The van der Waals surface area contributed by atoms with Gasteiger partial charge in [0.05, 0.1) is 0 Å². The molecular weight excluding hydrogens is 502 g/mol. The van der Waals surface area contributed by atoms with Gasteiger partial charge in [-0.15, -0.1) is 0 Å². The van der Waals surface area contributed by atoms with E-state index in [9.17, 15) is 40.4 Å². The SMILES string of the molecule is CC(C)(C)OC(=O)NC(Cc1ccc(OS(=O)(=O)C(F)(F)F)cc1F)C(=O)N1CCCC1C(N)=O. The second-order valence-electron chi connectivity index (χ2n) is 8.73. The lowest BCUT2D eigenvalue weighted by Crippen LogP contribution is -2.54. The Morgan fingerprint density at radius 2 is 1.86 bits per heavy atom. The summed E-state index contributed by atoms with van der Waals surface area (Å²) in [5.41, 5.74) is -1.58. The van der Waals surface area contributed by atoms with E-state index in [4.69, 9.17) is 10.5 Å².